The van der Waals surface area contributed by atoms with Crippen LogP contribution in [0.25, 0.3) is 0 Å². The molecule has 3 aromatic rings. The van der Waals surface area contributed by atoms with Gasteiger partial charge in [-0.25, -0.2) is 0 Å². The Balaban J connectivity index is 2.11. The van der Waals surface area contributed by atoms with Gasteiger partial charge in [0.2, 0.25) is 0 Å². The molecule has 0 bridgehead atoms. The van der Waals surface area contributed by atoms with E-state index in [0.29, 0.717) is 22.8 Å². The maximum atomic E-state index is 13.9. The third-order valence-corrected chi connectivity index (χ3v) is 6.17. The second-order valence-corrected chi connectivity index (χ2v) is 7.73. The molecular weight excluding hydrogens is 315 g/mol. The molecule has 0 saturated carbocycles. The molecule has 0 aliphatic heterocycles. The van der Waals surface area contributed by atoms with Gasteiger partial charge < -0.3 is 4.52 Å². The van der Waals surface area contributed by atoms with Crippen molar-refractivity contribution in [3.8, 4) is 5.75 Å². The van der Waals surface area contributed by atoms with E-state index in [4.69, 9.17) is 4.52 Å². The molecule has 0 aromatic heterocycles. The van der Waals surface area contributed by atoms with Crippen LogP contribution < -0.4 is 15.1 Å². The first kappa shape index (κ1) is 16.3. The van der Waals surface area contributed by atoms with Crippen LogP contribution in [0.5, 0.6) is 5.75 Å². The van der Waals surface area contributed by atoms with E-state index in [-0.39, 0.29) is 0 Å². The predicted molar refractivity (Wildman–Crippen MR) is 101 cm³/mol. The third kappa shape index (κ3) is 3.34. The lowest BCUT2D eigenvalue weighted by Crippen LogP contribution is -2.20. The van der Waals surface area contributed by atoms with E-state index in [0.717, 1.165) is 5.56 Å². The zero-order valence-corrected chi connectivity index (χ0v) is 14.2. The van der Waals surface area contributed by atoms with Gasteiger partial charge in [0.1, 0.15) is 5.75 Å². The van der Waals surface area contributed by atoms with Gasteiger partial charge in [0.15, 0.2) is 0 Å². The summed E-state index contributed by atoms with van der Waals surface area (Å²) in [6.45, 7) is 3.79. The highest BCUT2D eigenvalue weighted by Crippen LogP contribution is 2.46. The molecule has 0 spiro atoms. The number of para-hydroxylation sites is 1. The standard InChI is InChI=1S/C21H19O2P/c1-2-11-18-12-9-10-17-21(18)23-24(22,19-13-5-3-6-14-19)20-15-7-4-8-16-20/h2-10,12-17H,1,11H2. The van der Waals surface area contributed by atoms with Crippen molar-refractivity contribution >= 4 is 18.0 Å². The minimum Gasteiger partial charge on any atom is -0.437 e. The first-order valence-corrected chi connectivity index (χ1v) is 9.46. The van der Waals surface area contributed by atoms with Gasteiger partial charge in [0.25, 0.3) is 0 Å². The summed E-state index contributed by atoms with van der Waals surface area (Å²) in [5.74, 6) is 0.633. The zero-order valence-electron chi connectivity index (χ0n) is 13.3. The molecule has 0 unspecified atom stereocenters. The fraction of sp³-hybridized carbons (Fsp3) is 0.0476. The SMILES string of the molecule is C=CCc1ccccc1OP(=O)(c1ccccc1)c1ccccc1. The normalized spacial score (nSPS) is 11.0. The Kier molecular flexibility index (Phi) is 4.98. The Bertz CT molecular complexity index is 814. The second-order valence-electron chi connectivity index (χ2n) is 5.41. The van der Waals surface area contributed by atoms with Gasteiger partial charge in [0.05, 0.1) is 10.6 Å². The number of hydrogen-bond acceptors (Lipinski definition) is 2. The average Bonchev–Trinajstić information content (AvgIpc) is 2.65. The van der Waals surface area contributed by atoms with E-state index >= 15 is 0 Å². The summed E-state index contributed by atoms with van der Waals surface area (Å²) >= 11 is 0. The van der Waals surface area contributed by atoms with Crippen molar-refractivity contribution in [1.29, 1.82) is 0 Å². The number of benzene rings is 3. The fourth-order valence-corrected chi connectivity index (χ4v) is 4.65. The van der Waals surface area contributed by atoms with Crippen LogP contribution in [-0.4, -0.2) is 0 Å². The largest absolute Gasteiger partial charge is 0.437 e. The Morgan fingerprint density at radius 3 is 1.83 bits per heavy atom. The summed E-state index contributed by atoms with van der Waals surface area (Å²) in [7, 11) is -3.23. The van der Waals surface area contributed by atoms with Crippen molar-refractivity contribution in [3.63, 3.8) is 0 Å². The molecule has 2 nitrogen and oxygen atoms in total. The monoisotopic (exact) mass is 334 g/mol. The molecule has 120 valence electrons. The third-order valence-electron chi connectivity index (χ3n) is 3.76. The van der Waals surface area contributed by atoms with Crippen LogP contribution in [-0.2, 0) is 11.0 Å². The van der Waals surface area contributed by atoms with Gasteiger partial charge in [-0.2, -0.15) is 0 Å². The lowest BCUT2D eigenvalue weighted by molar-refractivity contribution is 0.500. The molecule has 0 N–H and O–H groups in total. The predicted octanol–water partition coefficient (Wildman–Crippen LogP) is 4.72. The van der Waals surface area contributed by atoms with E-state index in [2.05, 4.69) is 6.58 Å². The molecule has 3 aromatic carbocycles. The molecule has 0 radical (unpaired) electrons. The maximum absolute atomic E-state index is 13.9. The Labute approximate surface area is 142 Å². The summed E-state index contributed by atoms with van der Waals surface area (Å²) < 4.78 is 20.1. The first-order valence-electron chi connectivity index (χ1n) is 7.84. The molecule has 0 aliphatic rings. The zero-order chi connectivity index (χ0) is 16.8. The average molecular weight is 334 g/mol. The molecule has 0 heterocycles. The molecular formula is C21H19O2P. The Morgan fingerprint density at radius 1 is 0.792 bits per heavy atom. The van der Waals surface area contributed by atoms with Crippen LogP contribution in [0.15, 0.2) is 97.6 Å². The summed E-state index contributed by atoms with van der Waals surface area (Å²) in [5.41, 5.74) is 0.972. The first-order chi connectivity index (χ1) is 11.7. The lowest BCUT2D eigenvalue weighted by Gasteiger charge is -2.22. The quantitative estimate of drug-likeness (QED) is 0.481. The minimum atomic E-state index is -3.23. The van der Waals surface area contributed by atoms with Crippen molar-refractivity contribution in [2.75, 3.05) is 0 Å². The van der Waals surface area contributed by atoms with Crippen LogP contribution in [0.3, 0.4) is 0 Å². The second kappa shape index (κ2) is 7.33. The van der Waals surface area contributed by atoms with E-state index in [9.17, 15) is 4.57 Å². The molecule has 0 amide bonds. The topological polar surface area (TPSA) is 26.3 Å². The highest BCUT2D eigenvalue weighted by molar-refractivity contribution is 7.74. The highest BCUT2D eigenvalue weighted by Gasteiger charge is 2.30. The van der Waals surface area contributed by atoms with E-state index in [1.807, 2.05) is 91.0 Å². The van der Waals surface area contributed by atoms with E-state index < -0.39 is 7.37 Å². The lowest BCUT2D eigenvalue weighted by atomic mass is 10.1. The van der Waals surface area contributed by atoms with Gasteiger partial charge in [-0.3, -0.25) is 4.57 Å². The Hall–Kier alpha value is -2.57. The van der Waals surface area contributed by atoms with Crippen molar-refractivity contribution in [2.45, 2.75) is 6.42 Å². The van der Waals surface area contributed by atoms with Gasteiger partial charge in [0, 0.05) is 0 Å². The van der Waals surface area contributed by atoms with Crippen LogP contribution in [0.4, 0.5) is 0 Å². The van der Waals surface area contributed by atoms with Gasteiger partial charge in [-0.1, -0.05) is 60.7 Å². The van der Waals surface area contributed by atoms with Crippen LogP contribution in [0, 0.1) is 0 Å². The summed E-state index contributed by atoms with van der Waals surface area (Å²) in [6.07, 6.45) is 2.48. The summed E-state index contributed by atoms with van der Waals surface area (Å²) in [4.78, 5) is 0. The van der Waals surface area contributed by atoms with Crippen LogP contribution in [0.1, 0.15) is 5.56 Å². The maximum Gasteiger partial charge on any atom is 0.306 e. The van der Waals surface area contributed by atoms with Crippen molar-refractivity contribution in [3.05, 3.63) is 103 Å². The van der Waals surface area contributed by atoms with E-state index in [1.54, 1.807) is 0 Å². The molecule has 3 heteroatoms. The number of allylic oxidation sites excluding steroid dienone is 1. The molecule has 0 saturated heterocycles. The van der Waals surface area contributed by atoms with Crippen LogP contribution >= 0.6 is 7.37 Å². The van der Waals surface area contributed by atoms with Crippen molar-refractivity contribution in [1.82, 2.24) is 0 Å². The molecule has 24 heavy (non-hydrogen) atoms. The highest BCUT2D eigenvalue weighted by atomic mass is 31.2. The van der Waals surface area contributed by atoms with Gasteiger partial charge in [-0.15, -0.1) is 6.58 Å². The van der Waals surface area contributed by atoms with E-state index in [1.165, 1.54) is 0 Å². The molecule has 3 rings (SSSR count). The number of rotatable bonds is 6. The Morgan fingerprint density at radius 2 is 1.29 bits per heavy atom. The van der Waals surface area contributed by atoms with Crippen LogP contribution in [0.2, 0.25) is 0 Å². The van der Waals surface area contributed by atoms with Gasteiger partial charge in [-0.05, 0) is 42.3 Å². The summed E-state index contributed by atoms with van der Waals surface area (Å²) in [5, 5.41) is 1.37. The smallest absolute Gasteiger partial charge is 0.306 e. The molecule has 0 fully saturated rings. The summed E-state index contributed by atoms with van der Waals surface area (Å²) in [6, 6.07) is 26.4. The van der Waals surface area contributed by atoms with Crippen molar-refractivity contribution < 1.29 is 9.09 Å². The van der Waals surface area contributed by atoms with Gasteiger partial charge >= 0.3 is 7.37 Å². The fourth-order valence-electron chi connectivity index (χ4n) is 2.56. The number of hydrogen-bond donors (Lipinski definition) is 0. The molecule has 0 atom stereocenters. The van der Waals surface area contributed by atoms with Crippen molar-refractivity contribution in [2.24, 2.45) is 0 Å². The molecule has 0 aliphatic carbocycles. The minimum absolute atomic E-state index is 0.633.